The monoisotopic (exact) mass is 444 g/mol. The maximum Gasteiger partial charge on any atom is 0.253 e. The Hall–Kier alpha value is -2.41. The minimum absolute atomic E-state index is 0.140. The number of halogens is 1. The molecule has 3 rings (SSSR count). The van der Waals surface area contributed by atoms with Crippen molar-refractivity contribution in [3.05, 3.63) is 61.6 Å². The molecule has 7 heteroatoms. The van der Waals surface area contributed by atoms with Crippen LogP contribution in [0.15, 0.2) is 33.7 Å². The average Bonchev–Trinajstić information content (AvgIpc) is 3.03. The molecule has 0 spiro atoms. The third-order valence-corrected chi connectivity index (χ3v) is 5.17. The summed E-state index contributed by atoms with van der Waals surface area (Å²) >= 11 is 3.49. The highest BCUT2D eigenvalue weighted by molar-refractivity contribution is 9.10. The molecule has 0 saturated carbocycles. The van der Waals surface area contributed by atoms with Crippen molar-refractivity contribution < 1.29 is 4.79 Å². The van der Waals surface area contributed by atoms with Crippen molar-refractivity contribution in [3.63, 3.8) is 0 Å². The summed E-state index contributed by atoms with van der Waals surface area (Å²) in [5.74, 6) is -0.218. The summed E-state index contributed by atoms with van der Waals surface area (Å²) in [5, 5.41) is 8.14. The molecule has 2 heterocycles. The number of aromatic amines is 1. The van der Waals surface area contributed by atoms with E-state index < -0.39 is 0 Å². The number of carbonyl (C=O) groups is 1. The van der Waals surface area contributed by atoms with Crippen molar-refractivity contribution in [2.45, 2.75) is 53.1 Å². The highest BCUT2D eigenvalue weighted by Crippen LogP contribution is 2.25. The molecule has 2 aromatic heterocycles. The van der Waals surface area contributed by atoms with E-state index in [1.807, 2.05) is 23.7 Å². The third kappa shape index (κ3) is 4.19. The normalized spacial score (nSPS) is 11.1. The number of nitrogens with one attached hydrogen (secondary N) is 2. The van der Waals surface area contributed by atoms with Crippen LogP contribution < -0.4 is 10.9 Å². The molecule has 0 saturated heterocycles. The van der Waals surface area contributed by atoms with Gasteiger partial charge in [-0.2, -0.15) is 5.10 Å². The summed E-state index contributed by atoms with van der Waals surface area (Å²) in [4.78, 5) is 28.1. The number of nitrogens with zero attached hydrogens (tertiary/aromatic N) is 2. The zero-order chi connectivity index (χ0) is 20.3. The van der Waals surface area contributed by atoms with Crippen molar-refractivity contribution in [3.8, 4) is 0 Å². The van der Waals surface area contributed by atoms with Crippen LogP contribution in [-0.4, -0.2) is 20.7 Å². The lowest BCUT2D eigenvalue weighted by Crippen LogP contribution is -2.28. The van der Waals surface area contributed by atoms with Crippen LogP contribution in [-0.2, 0) is 19.5 Å². The van der Waals surface area contributed by atoms with Gasteiger partial charge in [0.2, 0.25) is 0 Å². The fourth-order valence-corrected chi connectivity index (χ4v) is 3.90. The van der Waals surface area contributed by atoms with E-state index in [0.29, 0.717) is 11.1 Å². The number of aryl methyl sites for hydroxylation is 3. The van der Waals surface area contributed by atoms with Crippen molar-refractivity contribution in [2.24, 2.45) is 0 Å². The molecule has 1 aromatic carbocycles. The molecule has 148 valence electrons. The lowest BCUT2D eigenvalue weighted by molar-refractivity contribution is 0.0952. The van der Waals surface area contributed by atoms with Crippen LogP contribution in [0.5, 0.6) is 0 Å². The SMILES string of the molecule is CCCc1cc(C)[nH]c(=O)c1CNC(=O)c1cc(Br)cc2c1cnn2CCC. The number of benzene rings is 1. The van der Waals surface area contributed by atoms with E-state index in [9.17, 15) is 9.59 Å². The van der Waals surface area contributed by atoms with E-state index in [1.54, 1.807) is 12.3 Å². The minimum Gasteiger partial charge on any atom is -0.348 e. The highest BCUT2D eigenvalue weighted by Gasteiger charge is 2.16. The summed E-state index contributed by atoms with van der Waals surface area (Å²) in [6.07, 6.45) is 4.43. The Morgan fingerprint density at radius 1 is 1.25 bits per heavy atom. The lowest BCUT2D eigenvalue weighted by Gasteiger charge is -2.11. The summed E-state index contributed by atoms with van der Waals surface area (Å²) in [6, 6.07) is 5.75. The second-order valence-corrected chi connectivity index (χ2v) is 7.89. The average molecular weight is 445 g/mol. The smallest absolute Gasteiger partial charge is 0.253 e. The largest absolute Gasteiger partial charge is 0.348 e. The first-order valence-electron chi connectivity index (χ1n) is 9.59. The lowest BCUT2D eigenvalue weighted by atomic mass is 10.0. The zero-order valence-corrected chi connectivity index (χ0v) is 18.0. The third-order valence-electron chi connectivity index (χ3n) is 4.72. The van der Waals surface area contributed by atoms with Gasteiger partial charge in [0, 0.05) is 34.2 Å². The summed E-state index contributed by atoms with van der Waals surface area (Å²) in [7, 11) is 0. The minimum atomic E-state index is -0.218. The van der Waals surface area contributed by atoms with E-state index >= 15 is 0 Å². The van der Waals surface area contributed by atoms with Gasteiger partial charge in [0.05, 0.1) is 17.3 Å². The maximum atomic E-state index is 12.9. The quantitative estimate of drug-likeness (QED) is 0.575. The second-order valence-electron chi connectivity index (χ2n) is 6.97. The number of rotatable bonds is 7. The molecule has 6 nitrogen and oxygen atoms in total. The first kappa shape index (κ1) is 20.3. The molecule has 0 atom stereocenters. The number of pyridine rings is 1. The van der Waals surface area contributed by atoms with Gasteiger partial charge < -0.3 is 10.3 Å². The van der Waals surface area contributed by atoms with Crippen molar-refractivity contribution >= 4 is 32.7 Å². The van der Waals surface area contributed by atoms with E-state index in [4.69, 9.17) is 0 Å². The molecule has 0 fully saturated rings. The fraction of sp³-hybridized carbons (Fsp3) is 0.381. The standard InChI is InChI=1S/C21H25BrN4O2/c1-4-6-14-8-13(3)25-21(28)17(14)11-23-20(27)16-9-15(22)10-19-18(16)12-24-26(19)7-5-2/h8-10,12H,4-7,11H2,1-3H3,(H,23,27)(H,25,28). The van der Waals surface area contributed by atoms with Gasteiger partial charge in [0.25, 0.3) is 11.5 Å². The van der Waals surface area contributed by atoms with Gasteiger partial charge in [-0.3, -0.25) is 14.3 Å². The fourth-order valence-electron chi connectivity index (χ4n) is 3.46. The number of fused-ring (bicyclic) bond motifs is 1. The molecule has 0 bridgehead atoms. The van der Waals surface area contributed by atoms with E-state index in [-0.39, 0.29) is 18.0 Å². The van der Waals surface area contributed by atoms with E-state index in [2.05, 4.69) is 45.2 Å². The molecular weight excluding hydrogens is 420 g/mol. The van der Waals surface area contributed by atoms with Crippen molar-refractivity contribution in [1.82, 2.24) is 20.1 Å². The number of aromatic nitrogens is 3. The predicted octanol–water partition coefficient (Wildman–Crippen LogP) is 4.09. The Morgan fingerprint density at radius 2 is 2.04 bits per heavy atom. The van der Waals surface area contributed by atoms with Crippen molar-refractivity contribution in [2.75, 3.05) is 0 Å². The van der Waals surface area contributed by atoms with Gasteiger partial charge in [-0.05, 0) is 43.5 Å². The number of H-pyrrole nitrogens is 1. The van der Waals surface area contributed by atoms with Gasteiger partial charge >= 0.3 is 0 Å². The molecule has 2 N–H and O–H groups in total. The Morgan fingerprint density at radius 3 is 2.75 bits per heavy atom. The Labute approximate surface area is 172 Å². The van der Waals surface area contributed by atoms with Crippen LogP contribution in [0.25, 0.3) is 10.9 Å². The molecule has 0 unspecified atom stereocenters. The molecule has 28 heavy (non-hydrogen) atoms. The van der Waals surface area contributed by atoms with Crippen LogP contribution in [0.2, 0.25) is 0 Å². The molecule has 0 radical (unpaired) electrons. The molecule has 0 aliphatic rings. The highest BCUT2D eigenvalue weighted by atomic mass is 79.9. The van der Waals surface area contributed by atoms with Gasteiger partial charge in [-0.1, -0.05) is 36.2 Å². The predicted molar refractivity (Wildman–Crippen MR) is 115 cm³/mol. The van der Waals surface area contributed by atoms with Crippen LogP contribution in [0.4, 0.5) is 0 Å². The number of amides is 1. The molecule has 0 aliphatic heterocycles. The topological polar surface area (TPSA) is 79.8 Å². The van der Waals surface area contributed by atoms with Gasteiger partial charge in [-0.15, -0.1) is 0 Å². The summed E-state index contributed by atoms with van der Waals surface area (Å²) in [6.45, 7) is 7.02. The number of hydrogen-bond acceptors (Lipinski definition) is 3. The Kier molecular flexibility index (Phi) is 6.34. The number of hydrogen-bond donors (Lipinski definition) is 2. The van der Waals surface area contributed by atoms with Crippen LogP contribution >= 0.6 is 15.9 Å². The van der Waals surface area contributed by atoms with Gasteiger partial charge in [0.1, 0.15) is 0 Å². The van der Waals surface area contributed by atoms with Crippen LogP contribution in [0.1, 0.15) is 53.9 Å². The van der Waals surface area contributed by atoms with Crippen LogP contribution in [0.3, 0.4) is 0 Å². The summed E-state index contributed by atoms with van der Waals surface area (Å²) in [5.41, 5.74) is 3.76. The maximum absolute atomic E-state index is 12.9. The molecule has 1 amide bonds. The molecule has 0 aliphatic carbocycles. The van der Waals surface area contributed by atoms with Gasteiger partial charge in [-0.25, -0.2) is 0 Å². The Balaban J connectivity index is 1.90. The first-order valence-corrected chi connectivity index (χ1v) is 10.4. The number of carbonyl (C=O) groups excluding carboxylic acids is 1. The van der Waals surface area contributed by atoms with E-state index in [0.717, 1.165) is 52.4 Å². The van der Waals surface area contributed by atoms with Crippen LogP contribution in [0, 0.1) is 6.92 Å². The summed E-state index contributed by atoms with van der Waals surface area (Å²) < 4.78 is 2.73. The van der Waals surface area contributed by atoms with E-state index in [1.165, 1.54) is 0 Å². The first-order chi connectivity index (χ1) is 13.4. The zero-order valence-electron chi connectivity index (χ0n) is 16.4. The van der Waals surface area contributed by atoms with Crippen molar-refractivity contribution in [1.29, 1.82) is 0 Å². The van der Waals surface area contributed by atoms with Gasteiger partial charge in [0.15, 0.2) is 0 Å². The molecule has 3 aromatic rings. The molecular formula is C21H25BrN4O2. The Bertz CT molecular complexity index is 1070. The second kappa shape index (κ2) is 8.73.